The van der Waals surface area contributed by atoms with Crippen LogP contribution in [-0.2, 0) is 6.54 Å². The largest absolute Gasteiger partial charge is 0.394 e. The van der Waals surface area contributed by atoms with E-state index in [9.17, 15) is 5.11 Å². The van der Waals surface area contributed by atoms with Gasteiger partial charge in [-0.15, -0.1) is 0 Å². The Bertz CT molecular complexity index is 360. The number of rotatable bonds is 4. The number of hydrogen-bond donors (Lipinski definition) is 2. The zero-order valence-corrected chi connectivity index (χ0v) is 10.9. The Morgan fingerprint density at radius 3 is 2.41 bits per heavy atom. The molecule has 94 valence electrons. The predicted molar refractivity (Wildman–Crippen MR) is 70.7 cm³/mol. The van der Waals surface area contributed by atoms with Crippen LogP contribution in [0.25, 0.3) is 0 Å². The lowest BCUT2D eigenvalue weighted by Crippen LogP contribution is -2.55. The molecule has 1 unspecified atom stereocenters. The Hall–Kier alpha value is -0.860. The highest BCUT2D eigenvalue weighted by molar-refractivity contribution is 5.16. The van der Waals surface area contributed by atoms with Crippen LogP contribution in [-0.4, -0.2) is 17.3 Å². The summed E-state index contributed by atoms with van der Waals surface area (Å²) in [5.41, 5.74) is 1.35. The first-order valence-corrected chi connectivity index (χ1v) is 6.49. The van der Waals surface area contributed by atoms with E-state index >= 15 is 0 Å². The molecule has 1 aliphatic carbocycles. The van der Waals surface area contributed by atoms with E-state index < -0.39 is 0 Å². The summed E-state index contributed by atoms with van der Waals surface area (Å²) < 4.78 is 0. The van der Waals surface area contributed by atoms with Crippen molar-refractivity contribution in [2.24, 2.45) is 5.41 Å². The van der Waals surface area contributed by atoms with Gasteiger partial charge in [0, 0.05) is 12.1 Å². The third-order valence-corrected chi connectivity index (χ3v) is 4.44. The van der Waals surface area contributed by atoms with Gasteiger partial charge in [0.2, 0.25) is 0 Å². The van der Waals surface area contributed by atoms with Crippen molar-refractivity contribution in [2.75, 3.05) is 6.61 Å². The van der Waals surface area contributed by atoms with Crippen molar-refractivity contribution >= 4 is 0 Å². The van der Waals surface area contributed by atoms with Gasteiger partial charge < -0.3 is 10.4 Å². The molecule has 0 radical (unpaired) electrons. The first-order chi connectivity index (χ1) is 8.10. The molecule has 0 aliphatic heterocycles. The van der Waals surface area contributed by atoms with E-state index in [2.05, 4.69) is 43.4 Å². The van der Waals surface area contributed by atoms with Gasteiger partial charge >= 0.3 is 0 Å². The molecule has 1 fully saturated rings. The molecule has 17 heavy (non-hydrogen) atoms. The minimum atomic E-state index is -0.108. The summed E-state index contributed by atoms with van der Waals surface area (Å²) in [7, 11) is 0. The highest BCUT2D eigenvalue weighted by Gasteiger charge is 2.47. The second-order valence-corrected chi connectivity index (χ2v) is 5.82. The molecule has 2 rings (SSSR count). The van der Waals surface area contributed by atoms with Crippen LogP contribution in [0.2, 0.25) is 0 Å². The Labute approximate surface area is 104 Å². The summed E-state index contributed by atoms with van der Waals surface area (Å²) >= 11 is 0. The minimum absolute atomic E-state index is 0.108. The zero-order valence-electron chi connectivity index (χ0n) is 10.9. The summed E-state index contributed by atoms with van der Waals surface area (Å²) in [5.74, 6) is 0. The van der Waals surface area contributed by atoms with Gasteiger partial charge in [0.25, 0.3) is 0 Å². The standard InChI is InChI=1S/C15H23NO/c1-14(2)9-6-10-15(14,12-17)16-11-13-7-4-3-5-8-13/h3-5,7-8,16-17H,6,9-12H2,1-2H3. The fraction of sp³-hybridized carbons (Fsp3) is 0.600. The SMILES string of the molecule is CC1(C)CCCC1(CO)NCc1ccccc1. The van der Waals surface area contributed by atoms with Crippen molar-refractivity contribution in [3.63, 3.8) is 0 Å². The van der Waals surface area contributed by atoms with Crippen LogP contribution in [0.5, 0.6) is 0 Å². The van der Waals surface area contributed by atoms with E-state index in [1.165, 1.54) is 18.4 Å². The molecule has 1 saturated carbocycles. The van der Waals surface area contributed by atoms with E-state index in [0.717, 1.165) is 13.0 Å². The molecular formula is C15H23NO. The van der Waals surface area contributed by atoms with Crippen molar-refractivity contribution in [3.05, 3.63) is 35.9 Å². The van der Waals surface area contributed by atoms with Gasteiger partial charge in [-0.3, -0.25) is 0 Å². The number of nitrogens with one attached hydrogen (secondary N) is 1. The van der Waals surface area contributed by atoms with Crippen LogP contribution in [0.15, 0.2) is 30.3 Å². The van der Waals surface area contributed by atoms with E-state index in [-0.39, 0.29) is 17.6 Å². The monoisotopic (exact) mass is 233 g/mol. The van der Waals surface area contributed by atoms with E-state index in [0.29, 0.717) is 0 Å². The molecule has 0 bridgehead atoms. The highest BCUT2D eigenvalue weighted by atomic mass is 16.3. The first kappa shape index (κ1) is 12.6. The van der Waals surface area contributed by atoms with Crippen LogP contribution in [0.4, 0.5) is 0 Å². The topological polar surface area (TPSA) is 32.3 Å². The van der Waals surface area contributed by atoms with Gasteiger partial charge in [-0.1, -0.05) is 50.6 Å². The van der Waals surface area contributed by atoms with E-state index in [1.54, 1.807) is 0 Å². The third kappa shape index (κ3) is 2.38. The van der Waals surface area contributed by atoms with Crippen molar-refractivity contribution in [1.29, 1.82) is 0 Å². The molecule has 2 nitrogen and oxygen atoms in total. The predicted octanol–water partition coefficient (Wildman–Crippen LogP) is 2.72. The van der Waals surface area contributed by atoms with Crippen LogP contribution in [0.1, 0.15) is 38.7 Å². The highest BCUT2D eigenvalue weighted by Crippen LogP contribution is 2.45. The first-order valence-electron chi connectivity index (χ1n) is 6.49. The summed E-state index contributed by atoms with van der Waals surface area (Å²) in [6.45, 7) is 5.58. The Morgan fingerprint density at radius 2 is 1.88 bits per heavy atom. The molecule has 1 aliphatic rings. The normalized spacial score (nSPS) is 27.2. The van der Waals surface area contributed by atoms with E-state index in [1.807, 2.05) is 6.07 Å². The van der Waals surface area contributed by atoms with Gasteiger partial charge in [-0.05, 0) is 23.8 Å². The van der Waals surface area contributed by atoms with E-state index in [4.69, 9.17) is 0 Å². The summed E-state index contributed by atoms with van der Waals surface area (Å²) in [6.07, 6.45) is 3.47. The number of aliphatic hydroxyl groups is 1. The second-order valence-electron chi connectivity index (χ2n) is 5.82. The van der Waals surface area contributed by atoms with Gasteiger partial charge in [-0.25, -0.2) is 0 Å². The maximum atomic E-state index is 9.77. The molecule has 2 heteroatoms. The number of aliphatic hydroxyl groups excluding tert-OH is 1. The Balaban J connectivity index is 2.06. The van der Waals surface area contributed by atoms with Crippen LogP contribution < -0.4 is 5.32 Å². The third-order valence-electron chi connectivity index (χ3n) is 4.44. The van der Waals surface area contributed by atoms with Gasteiger partial charge in [0.05, 0.1) is 6.61 Å². The van der Waals surface area contributed by atoms with Crippen molar-refractivity contribution < 1.29 is 5.11 Å². The maximum Gasteiger partial charge on any atom is 0.0618 e. The van der Waals surface area contributed by atoms with Gasteiger partial charge in [-0.2, -0.15) is 0 Å². The molecule has 1 atom stereocenters. The van der Waals surface area contributed by atoms with Crippen LogP contribution >= 0.6 is 0 Å². The molecule has 0 aromatic heterocycles. The average Bonchev–Trinajstić information content (AvgIpc) is 2.64. The maximum absolute atomic E-state index is 9.77. The Kier molecular flexibility index (Phi) is 3.55. The van der Waals surface area contributed by atoms with Crippen molar-refractivity contribution in [2.45, 2.75) is 45.2 Å². The summed E-state index contributed by atoms with van der Waals surface area (Å²) in [6, 6.07) is 10.4. The zero-order chi connectivity index (χ0) is 12.4. The lowest BCUT2D eigenvalue weighted by molar-refractivity contribution is 0.0736. The van der Waals surface area contributed by atoms with Crippen molar-refractivity contribution in [1.82, 2.24) is 5.32 Å². The fourth-order valence-electron chi connectivity index (χ4n) is 2.95. The fourth-order valence-corrected chi connectivity index (χ4v) is 2.95. The van der Waals surface area contributed by atoms with Gasteiger partial charge in [0.1, 0.15) is 0 Å². The Morgan fingerprint density at radius 1 is 1.18 bits per heavy atom. The lowest BCUT2D eigenvalue weighted by atomic mass is 9.75. The molecule has 1 aromatic carbocycles. The quantitative estimate of drug-likeness (QED) is 0.838. The molecule has 2 N–H and O–H groups in total. The summed E-state index contributed by atoms with van der Waals surface area (Å²) in [4.78, 5) is 0. The average molecular weight is 233 g/mol. The number of benzene rings is 1. The van der Waals surface area contributed by atoms with Crippen molar-refractivity contribution in [3.8, 4) is 0 Å². The molecule has 0 saturated heterocycles. The smallest absolute Gasteiger partial charge is 0.0618 e. The molecule has 0 spiro atoms. The lowest BCUT2D eigenvalue weighted by Gasteiger charge is -2.41. The van der Waals surface area contributed by atoms with Crippen LogP contribution in [0, 0.1) is 5.41 Å². The molecular weight excluding hydrogens is 210 g/mol. The minimum Gasteiger partial charge on any atom is -0.394 e. The van der Waals surface area contributed by atoms with Crippen LogP contribution in [0.3, 0.4) is 0 Å². The molecule has 1 aromatic rings. The molecule has 0 amide bonds. The second kappa shape index (κ2) is 4.79. The molecule has 0 heterocycles. The summed E-state index contributed by atoms with van der Waals surface area (Å²) in [5, 5.41) is 13.4. The van der Waals surface area contributed by atoms with Gasteiger partial charge in [0.15, 0.2) is 0 Å². The number of hydrogen-bond acceptors (Lipinski definition) is 2.